The zero-order chi connectivity index (χ0) is 19.0. The van der Waals surface area contributed by atoms with E-state index in [1.54, 1.807) is 19.0 Å². The zero-order valence-corrected chi connectivity index (χ0v) is 16.3. The van der Waals surface area contributed by atoms with Crippen molar-refractivity contribution in [3.63, 3.8) is 0 Å². The largest absolute Gasteiger partial charge is 0.345 e. The van der Waals surface area contributed by atoms with Crippen molar-refractivity contribution in [3.8, 4) is 11.3 Å². The van der Waals surface area contributed by atoms with Crippen LogP contribution in [-0.4, -0.2) is 46.4 Å². The van der Waals surface area contributed by atoms with Crippen LogP contribution in [0.3, 0.4) is 0 Å². The summed E-state index contributed by atoms with van der Waals surface area (Å²) in [5.74, 6) is 2.80. The summed E-state index contributed by atoms with van der Waals surface area (Å²) in [7, 11) is 3.53. The summed E-state index contributed by atoms with van der Waals surface area (Å²) in [5.41, 5.74) is 6.03. The van der Waals surface area contributed by atoms with Gasteiger partial charge in [0.1, 0.15) is 11.7 Å². The SMILES string of the molecule is CC1CCC(N=C2Cc3ncc(-c4cccc(C(=O)N(C)C)c4)n3N2)CC1. The number of hydrogen-bond donors (Lipinski definition) is 1. The van der Waals surface area contributed by atoms with E-state index in [9.17, 15) is 4.79 Å². The van der Waals surface area contributed by atoms with Crippen LogP contribution in [0, 0.1) is 5.92 Å². The van der Waals surface area contributed by atoms with Crippen LogP contribution in [0.25, 0.3) is 11.3 Å². The van der Waals surface area contributed by atoms with Crippen LogP contribution in [0.2, 0.25) is 0 Å². The van der Waals surface area contributed by atoms with E-state index in [0.717, 1.165) is 35.3 Å². The fourth-order valence-corrected chi connectivity index (χ4v) is 3.90. The molecule has 1 aromatic heterocycles. The Morgan fingerprint density at radius 1 is 1.26 bits per heavy atom. The molecule has 0 atom stereocenters. The van der Waals surface area contributed by atoms with Gasteiger partial charge in [-0.2, -0.15) is 0 Å². The van der Waals surface area contributed by atoms with E-state index in [0.29, 0.717) is 11.6 Å². The van der Waals surface area contributed by atoms with Crippen molar-refractivity contribution in [1.82, 2.24) is 14.6 Å². The Kier molecular flexibility index (Phi) is 4.72. The standard InChI is InChI=1S/C21H27N5O/c1-14-7-9-17(10-8-14)23-19-12-20-22-13-18(26(20)24-19)15-5-4-6-16(11-15)21(27)25(2)3/h4-6,11,13-14,17H,7-10,12H2,1-3H3,(H,23,24). The predicted octanol–water partition coefficient (Wildman–Crippen LogP) is 3.33. The Hall–Kier alpha value is -2.63. The van der Waals surface area contributed by atoms with Gasteiger partial charge in [-0.3, -0.25) is 15.2 Å². The summed E-state index contributed by atoms with van der Waals surface area (Å²) in [5, 5.41) is 0. The van der Waals surface area contributed by atoms with Crippen molar-refractivity contribution < 1.29 is 4.79 Å². The Balaban J connectivity index is 1.55. The van der Waals surface area contributed by atoms with E-state index >= 15 is 0 Å². The summed E-state index contributed by atoms with van der Waals surface area (Å²) in [6.07, 6.45) is 7.49. The van der Waals surface area contributed by atoms with Gasteiger partial charge in [0.25, 0.3) is 5.91 Å². The second-order valence-corrected chi connectivity index (χ2v) is 7.95. The van der Waals surface area contributed by atoms with Gasteiger partial charge in [0.05, 0.1) is 24.4 Å². The van der Waals surface area contributed by atoms with Crippen molar-refractivity contribution in [1.29, 1.82) is 0 Å². The molecule has 27 heavy (non-hydrogen) atoms. The normalized spacial score (nSPS) is 23.1. The first-order valence-electron chi connectivity index (χ1n) is 9.73. The Morgan fingerprint density at radius 3 is 2.78 bits per heavy atom. The quantitative estimate of drug-likeness (QED) is 0.907. The Bertz CT molecular complexity index is 874. The van der Waals surface area contributed by atoms with E-state index < -0.39 is 0 Å². The fourth-order valence-electron chi connectivity index (χ4n) is 3.90. The van der Waals surface area contributed by atoms with Gasteiger partial charge in [0.2, 0.25) is 0 Å². The number of amidine groups is 1. The monoisotopic (exact) mass is 365 g/mol. The van der Waals surface area contributed by atoms with E-state index in [4.69, 9.17) is 4.99 Å². The highest BCUT2D eigenvalue weighted by molar-refractivity contribution is 5.96. The van der Waals surface area contributed by atoms with Crippen molar-refractivity contribution in [2.45, 2.75) is 45.1 Å². The van der Waals surface area contributed by atoms with Gasteiger partial charge in [0.15, 0.2) is 0 Å². The molecule has 1 aromatic carbocycles. The first kappa shape index (κ1) is 17.8. The van der Waals surface area contributed by atoms with Gasteiger partial charge in [-0.15, -0.1) is 0 Å². The van der Waals surface area contributed by atoms with Crippen LogP contribution < -0.4 is 5.43 Å². The number of hydrogen-bond acceptors (Lipinski definition) is 3. The van der Waals surface area contributed by atoms with Gasteiger partial charge in [-0.25, -0.2) is 9.66 Å². The third kappa shape index (κ3) is 3.61. The number of carbonyl (C=O) groups is 1. The fraction of sp³-hybridized carbons (Fsp3) is 0.476. The summed E-state index contributed by atoms with van der Waals surface area (Å²) in [4.78, 5) is 23.4. The summed E-state index contributed by atoms with van der Waals surface area (Å²) >= 11 is 0. The number of aliphatic imine (C=N–C) groups is 1. The maximum Gasteiger partial charge on any atom is 0.253 e. The number of imidazole rings is 1. The van der Waals surface area contributed by atoms with Crippen molar-refractivity contribution in [2.75, 3.05) is 19.5 Å². The second-order valence-electron chi connectivity index (χ2n) is 7.95. The number of fused-ring (bicyclic) bond motifs is 1. The minimum Gasteiger partial charge on any atom is -0.345 e. The smallest absolute Gasteiger partial charge is 0.253 e. The molecule has 1 saturated carbocycles. The van der Waals surface area contributed by atoms with Crippen LogP contribution in [0.5, 0.6) is 0 Å². The second kappa shape index (κ2) is 7.18. The molecule has 0 radical (unpaired) electrons. The molecule has 4 rings (SSSR count). The Morgan fingerprint density at radius 2 is 2.04 bits per heavy atom. The lowest BCUT2D eigenvalue weighted by Gasteiger charge is -2.23. The molecule has 1 aliphatic carbocycles. The molecular weight excluding hydrogens is 338 g/mol. The lowest BCUT2D eigenvalue weighted by Crippen LogP contribution is -2.22. The lowest BCUT2D eigenvalue weighted by atomic mass is 9.88. The van der Waals surface area contributed by atoms with Gasteiger partial charge >= 0.3 is 0 Å². The number of nitrogens with one attached hydrogen (secondary N) is 1. The summed E-state index contributed by atoms with van der Waals surface area (Å²) in [6, 6.07) is 8.12. The maximum absolute atomic E-state index is 12.3. The minimum absolute atomic E-state index is 0.000233. The van der Waals surface area contributed by atoms with Crippen molar-refractivity contribution in [3.05, 3.63) is 41.9 Å². The number of nitrogens with zero attached hydrogens (tertiary/aromatic N) is 4. The van der Waals surface area contributed by atoms with E-state index in [1.807, 2.05) is 35.1 Å². The van der Waals surface area contributed by atoms with E-state index in [2.05, 4.69) is 17.3 Å². The molecule has 1 amide bonds. The van der Waals surface area contributed by atoms with E-state index in [-0.39, 0.29) is 5.91 Å². The molecule has 142 valence electrons. The van der Waals surface area contributed by atoms with Gasteiger partial charge in [0, 0.05) is 25.2 Å². The molecule has 6 heteroatoms. The number of rotatable bonds is 3. The molecule has 0 spiro atoms. The molecule has 2 heterocycles. The number of benzene rings is 1. The number of carbonyl (C=O) groups excluding carboxylic acids is 1. The lowest BCUT2D eigenvalue weighted by molar-refractivity contribution is 0.0827. The third-order valence-corrected chi connectivity index (χ3v) is 5.54. The topological polar surface area (TPSA) is 62.5 Å². The van der Waals surface area contributed by atoms with Crippen molar-refractivity contribution in [2.24, 2.45) is 10.9 Å². The first-order chi connectivity index (χ1) is 13.0. The van der Waals surface area contributed by atoms with Crippen LogP contribution in [0.15, 0.2) is 35.5 Å². The number of aromatic nitrogens is 2. The molecule has 1 aliphatic heterocycles. The highest BCUT2D eigenvalue weighted by atomic mass is 16.2. The van der Waals surface area contributed by atoms with Crippen LogP contribution in [0.1, 0.15) is 48.8 Å². The predicted molar refractivity (Wildman–Crippen MR) is 108 cm³/mol. The maximum atomic E-state index is 12.3. The summed E-state index contributed by atoms with van der Waals surface area (Å²) < 4.78 is 2.00. The molecule has 0 bridgehead atoms. The molecule has 1 N–H and O–H groups in total. The van der Waals surface area contributed by atoms with Gasteiger partial charge in [-0.1, -0.05) is 19.1 Å². The summed E-state index contributed by atoms with van der Waals surface area (Å²) in [6.45, 7) is 2.33. The van der Waals surface area contributed by atoms with Gasteiger partial charge < -0.3 is 4.90 Å². The first-order valence-corrected chi connectivity index (χ1v) is 9.73. The molecular formula is C21H27N5O. The van der Waals surface area contributed by atoms with E-state index in [1.165, 1.54) is 25.7 Å². The highest BCUT2D eigenvalue weighted by Crippen LogP contribution is 2.27. The van der Waals surface area contributed by atoms with Crippen LogP contribution in [-0.2, 0) is 6.42 Å². The van der Waals surface area contributed by atoms with Crippen LogP contribution >= 0.6 is 0 Å². The van der Waals surface area contributed by atoms with Crippen LogP contribution in [0.4, 0.5) is 0 Å². The minimum atomic E-state index is -0.000233. The van der Waals surface area contributed by atoms with Crippen molar-refractivity contribution >= 4 is 11.7 Å². The molecule has 0 saturated heterocycles. The average molecular weight is 365 g/mol. The molecule has 0 unspecified atom stereocenters. The average Bonchev–Trinajstić information content (AvgIpc) is 3.23. The molecule has 2 aromatic rings. The molecule has 2 aliphatic rings. The number of amides is 1. The highest BCUT2D eigenvalue weighted by Gasteiger charge is 2.24. The molecule has 1 fully saturated rings. The van der Waals surface area contributed by atoms with Gasteiger partial charge in [-0.05, 0) is 43.7 Å². The zero-order valence-electron chi connectivity index (χ0n) is 16.3. The molecule has 6 nitrogen and oxygen atoms in total. The third-order valence-electron chi connectivity index (χ3n) is 5.54. The Labute approximate surface area is 160 Å².